The molecule has 2 amide bonds. The molecule has 2 rings (SSSR count). The van der Waals surface area contributed by atoms with Crippen molar-refractivity contribution in [1.29, 1.82) is 5.26 Å². The third kappa shape index (κ3) is 2.09. The van der Waals surface area contributed by atoms with E-state index in [-0.39, 0.29) is 18.6 Å². The van der Waals surface area contributed by atoms with Crippen LogP contribution in [-0.2, 0) is 0 Å². The number of urea groups is 1. The predicted octanol–water partition coefficient (Wildman–Crippen LogP) is 1.63. The Morgan fingerprint density at radius 3 is 2.67 bits per heavy atom. The minimum absolute atomic E-state index is 0.00300. The molecule has 1 unspecified atom stereocenters. The van der Waals surface area contributed by atoms with Crippen LogP contribution in [0.1, 0.15) is 11.6 Å². The molecule has 0 aromatic heterocycles. The Morgan fingerprint density at radius 2 is 2.11 bits per heavy atom. The second-order valence-electron chi connectivity index (χ2n) is 4.22. The summed E-state index contributed by atoms with van der Waals surface area (Å²) in [7, 11) is 3.38. The molecule has 1 aliphatic rings. The highest BCUT2D eigenvalue weighted by molar-refractivity contribution is 5.77. The monoisotopic (exact) mass is 245 g/mol. The lowest BCUT2D eigenvalue weighted by Crippen LogP contribution is -2.29. The smallest absolute Gasteiger partial charge is 0.321 e. The summed E-state index contributed by atoms with van der Waals surface area (Å²) in [5, 5.41) is 8.68. The molecule has 1 saturated heterocycles. The summed E-state index contributed by atoms with van der Waals surface area (Å²) in [6, 6.07) is 9.55. The standard InChI is InChI=1S/C13H15N3O2/c1-15-12(9-16(8-7-14)13(15)17)10-3-5-11(18-2)6-4-10/h3-6,12H,8-9H2,1-2H3. The van der Waals surface area contributed by atoms with E-state index < -0.39 is 0 Å². The van der Waals surface area contributed by atoms with Gasteiger partial charge in [0.15, 0.2) is 0 Å². The first kappa shape index (κ1) is 12.2. The first-order valence-corrected chi connectivity index (χ1v) is 5.70. The van der Waals surface area contributed by atoms with E-state index in [4.69, 9.17) is 10.00 Å². The molecule has 0 radical (unpaired) electrons. The van der Waals surface area contributed by atoms with Crippen molar-refractivity contribution in [2.75, 3.05) is 27.2 Å². The van der Waals surface area contributed by atoms with E-state index in [1.165, 1.54) is 0 Å². The fourth-order valence-corrected chi connectivity index (χ4v) is 2.14. The second kappa shape index (κ2) is 4.96. The Morgan fingerprint density at radius 1 is 1.44 bits per heavy atom. The van der Waals surface area contributed by atoms with E-state index in [2.05, 4.69) is 0 Å². The number of carbonyl (C=O) groups is 1. The Hall–Kier alpha value is -2.22. The molecular formula is C13H15N3O2. The number of benzene rings is 1. The number of ether oxygens (including phenoxy) is 1. The molecule has 0 N–H and O–H groups in total. The molecule has 1 aliphatic heterocycles. The molecule has 5 heteroatoms. The van der Waals surface area contributed by atoms with Crippen molar-refractivity contribution in [3.05, 3.63) is 29.8 Å². The number of hydrogen-bond donors (Lipinski definition) is 0. The van der Waals surface area contributed by atoms with Gasteiger partial charge in [0.2, 0.25) is 0 Å². The first-order chi connectivity index (χ1) is 8.67. The molecule has 1 aromatic carbocycles. The molecule has 1 fully saturated rings. The molecule has 0 spiro atoms. The lowest BCUT2D eigenvalue weighted by Gasteiger charge is -2.18. The van der Waals surface area contributed by atoms with Crippen LogP contribution in [0.4, 0.5) is 4.79 Å². The van der Waals surface area contributed by atoms with Gasteiger partial charge in [-0.1, -0.05) is 12.1 Å². The van der Waals surface area contributed by atoms with Gasteiger partial charge in [0.1, 0.15) is 12.3 Å². The summed E-state index contributed by atoms with van der Waals surface area (Å²) in [4.78, 5) is 15.1. The number of rotatable bonds is 3. The molecule has 5 nitrogen and oxygen atoms in total. The topological polar surface area (TPSA) is 56.6 Å². The zero-order valence-electron chi connectivity index (χ0n) is 10.5. The Labute approximate surface area is 106 Å². The molecule has 0 bridgehead atoms. The van der Waals surface area contributed by atoms with Gasteiger partial charge in [0, 0.05) is 13.6 Å². The number of nitriles is 1. The molecular weight excluding hydrogens is 230 g/mol. The van der Waals surface area contributed by atoms with Crippen molar-refractivity contribution < 1.29 is 9.53 Å². The highest BCUT2D eigenvalue weighted by Gasteiger charge is 2.35. The number of nitrogens with zero attached hydrogens (tertiary/aromatic N) is 3. The summed E-state index contributed by atoms with van der Waals surface area (Å²) >= 11 is 0. The maximum atomic E-state index is 11.9. The van der Waals surface area contributed by atoms with Gasteiger partial charge in [-0.2, -0.15) is 5.26 Å². The first-order valence-electron chi connectivity index (χ1n) is 5.70. The van der Waals surface area contributed by atoms with Crippen LogP contribution in [0.2, 0.25) is 0 Å². The van der Waals surface area contributed by atoms with Gasteiger partial charge in [-0.15, -0.1) is 0 Å². The summed E-state index contributed by atoms with van der Waals surface area (Å²) in [5.74, 6) is 0.791. The summed E-state index contributed by atoms with van der Waals surface area (Å²) in [6.07, 6.45) is 0. The van der Waals surface area contributed by atoms with Crippen LogP contribution in [0, 0.1) is 11.3 Å². The highest BCUT2D eigenvalue weighted by atomic mass is 16.5. The molecule has 0 saturated carbocycles. The zero-order valence-corrected chi connectivity index (χ0v) is 10.5. The Bertz CT molecular complexity index is 478. The molecule has 1 aromatic rings. The molecule has 0 aliphatic carbocycles. The van der Waals surface area contributed by atoms with E-state index in [0.29, 0.717) is 6.54 Å². The number of likely N-dealkylation sites (N-methyl/N-ethyl adjacent to an activating group) is 1. The SMILES string of the molecule is COc1ccc(C2CN(CC#N)C(=O)N2C)cc1. The Balaban J connectivity index is 2.18. The van der Waals surface area contributed by atoms with Crippen LogP contribution in [0.15, 0.2) is 24.3 Å². The van der Waals surface area contributed by atoms with Gasteiger partial charge < -0.3 is 14.5 Å². The minimum Gasteiger partial charge on any atom is -0.497 e. The zero-order chi connectivity index (χ0) is 13.1. The summed E-state index contributed by atoms with van der Waals surface area (Å²) in [5.41, 5.74) is 1.05. The average molecular weight is 245 g/mol. The molecule has 18 heavy (non-hydrogen) atoms. The average Bonchev–Trinajstić information content (AvgIpc) is 2.68. The van der Waals surface area contributed by atoms with E-state index >= 15 is 0 Å². The second-order valence-corrected chi connectivity index (χ2v) is 4.22. The molecule has 1 heterocycles. The van der Waals surface area contributed by atoms with Gasteiger partial charge >= 0.3 is 6.03 Å². The van der Waals surface area contributed by atoms with Gasteiger partial charge in [0.05, 0.1) is 19.2 Å². The number of methoxy groups -OCH3 is 1. The maximum Gasteiger partial charge on any atom is 0.321 e. The van der Waals surface area contributed by atoms with Crippen molar-refractivity contribution in [2.24, 2.45) is 0 Å². The van der Waals surface area contributed by atoms with E-state index in [9.17, 15) is 4.79 Å². The van der Waals surface area contributed by atoms with Crippen molar-refractivity contribution in [3.63, 3.8) is 0 Å². The fourth-order valence-electron chi connectivity index (χ4n) is 2.14. The predicted molar refractivity (Wildman–Crippen MR) is 66.1 cm³/mol. The largest absolute Gasteiger partial charge is 0.497 e. The summed E-state index contributed by atoms with van der Waals surface area (Å²) < 4.78 is 5.11. The normalized spacial score (nSPS) is 18.9. The van der Waals surface area contributed by atoms with Crippen LogP contribution in [-0.4, -0.2) is 43.1 Å². The fraction of sp³-hybridized carbons (Fsp3) is 0.385. The van der Waals surface area contributed by atoms with Gasteiger partial charge in [-0.25, -0.2) is 4.79 Å². The van der Waals surface area contributed by atoms with Crippen LogP contribution in [0.5, 0.6) is 5.75 Å². The highest BCUT2D eigenvalue weighted by Crippen LogP contribution is 2.28. The molecule has 94 valence electrons. The van der Waals surface area contributed by atoms with Crippen LogP contribution < -0.4 is 4.74 Å². The van der Waals surface area contributed by atoms with E-state index in [1.807, 2.05) is 30.3 Å². The number of hydrogen-bond acceptors (Lipinski definition) is 3. The van der Waals surface area contributed by atoms with Crippen molar-refractivity contribution in [1.82, 2.24) is 9.80 Å². The van der Waals surface area contributed by atoms with E-state index in [0.717, 1.165) is 11.3 Å². The quantitative estimate of drug-likeness (QED) is 0.760. The van der Waals surface area contributed by atoms with Crippen LogP contribution in [0.3, 0.4) is 0 Å². The van der Waals surface area contributed by atoms with Gasteiger partial charge in [0.25, 0.3) is 0 Å². The van der Waals surface area contributed by atoms with Crippen LogP contribution >= 0.6 is 0 Å². The van der Waals surface area contributed by atoms with Gasteiger partial charge in [-0.05, 0) is 17.7 Å². The van der Waals surface area contributed by atoms with Crippen molar-refractivity contribution in [2.45, 2.75) is 6.04 Å². The lowest BCUT2D eigenvalue weighted by molar-refractivity contribution is 0.199. The van der Waals surface area contributed by atoms with Crippen molar-refractivity contribution >= 4 is 6.03 Å². The van der Waals surface area contributed by atoms with E-state index in [1.54, 1.807) is 24.0 Å². The van der Waals surface area contributed by atoms with Crippen molar-refractivity contribution in [3.8, 4) is 11.8 Å². The Kier molecular flexibility index (Phi) is 3.38. The molecule has 1 atom stereocenters. The van der Waals surface area contributed by atoms with Gasteiger partial charge in [-0.3, -0.25) is 0 Å². The lowest BCUT2D eigenvalue weighted by atomic mass is 10.1. The maximum absolute atomic E-state index is 11.9. The third-order valence-corrected chi connectivity index (χ3v) is 3.20. The third-order valence-electron chi connectivity index (χ3n) is 3.20. The minimum atomic E-state index is -0.0997. The number of carbonyl (C=O) groups excluding carboxylic acids is 1. The summed E-state index contributed by atoms with van der Waals surface area (Å²) in [6.45, 7) is 0.686. The number of amides is 2. The van der Waals surface area contributed by atoms with Crippen LogP contribution in [0.25, 0.3) is 0 Å².